The minimum atomic E-state index is -0.711. The van der Waals surface area contributed by atoms with Crippen LogP contribution in [0.4, 0.5) is 5.69 Å². The lowest BCUT2D eigenvalue weighted by atomic mass is 10.1. The summed E-state index contributed by atoms with van der Waals surface area (Å²) < 4.78 is 10.6. The highest BCUT2D eigenvalue weighted by Gasteiger charge is 2.33. The highest BCUT2D eigenvalue weighted by Crippen LogP contribution is 2.17. The van der Waals surface area contributed by atoms with Crippen molar-refractivity contribution < 1.29 is 23.9 Å². The third-order valence-electron chi connectivity index (χ3n) is 4.24. The molecule has 1 fully saturated rings. The normalized spacial score (nSPS) is 16.6. The van der Waals surface area contributed by atoms with E-state index < -0.39 is 12.0 Å². The summed E-state index contributed by atoms with van der Waals surface area (Å²) in [6, 6.07) is 6.30. The molecule has 0 radical (unpaired) electrons. The maximum atomic E-state index is 12.4. The van der Waals surface area contributed by atoms with Gasteiger partial charge in [-0.15, -0.1) is 0 Å². The Kier molecular flexibility index (Phi) is 8.67. The van der Waals surface area contributed by atoms with E-state index >= 15 is 0 Å². The van der Waals surface area contributed by atoms with E-state index in [1.165, 1.54) is 0 Å². The Balaban J connectivity index is 1.90. The van der Waals surface area contributed by atoms with Gasteiger partial charge >= 0.3 is 5.97 Å². The minimum absolute atomic E-state index is 0.00700. The lowest BCUT2D eigenvalue weighted by Gasteiger charge is -2.33. The van der Waals surface area contributed by atoms with E-state index in [0.717, 1.165) is 5.57 Å². The second-order valence-electron chi connectivity index (χ2n) is 7.02. The molecule has 0 spiro atoms. The van der Waals surface area contributed by atoms with Gasteiger partial charge in [0.1, 0.15) is 18.4 Å². The molecule has 2 N–H and O–H groups in total. The van der Waals surface area contributed by atoms with Gasteiger partial charge < -0.3 is 20.1 Å². The molecule has 29 heavy (non-hydrogen) atoms. The van der Waals surface area contributed by atoms with E-state index in [4.69, 9.17) is 9.47 Å². The van der Waals surface area contributed by atoms with Crippen LogP contribution in [0.5, 0.6) is 5.75 Å². The van der Waals surface area contributed by atoms with Gasteiger partial charge in [-0.2, -0.15) is 0 Å². The SMILES string of the molecule is C=C(C)COc1ccc(NC(=O)CN2CCNC(=O)C2CC(=O)OCCC)cc1. The number of anilines is 1. The molecule has 2 amide bonds. The van der Waals surface area contributed by atoms with Crippen LogP contribution in [-0.2, 0) is 19.1 Å². The fourth-order valence-corrected chi connectivity index (χ4v) is 2.83. The topological polar surface area (TPSA) is 97.0 Å². The maximum absolute atomic E-state index is 12.4. The molecule has 1 aromatic rings. The van der Waals surface area contributed by atoms with Gasteiger partial charge in [-0.25, -0.2) is 0 Å². The molecule has 0 aliphatic carbocycles. The second-order valence-corrected chi connectivity index (χ2v) is 7.02. The number of ether oxygens (including phenoxy) is 2. The highest BCUT2D eigenvalue weighted by molar-refractivity contribution is 5.93. The number of esters is 1. The van der Waals surface area contributed by atoms with E-state index in [1.807, 2.05) is 13.8 Å². The minimum Gasteiger partial charge on any atom is -0.489 e. The number of rotatable bonds is 10. The fraction of sp³-hybridized carbons (Fsp3) is 0.476. The molecule has 1 saturated heterocycles. The van der Waals surface area contributed by atoms with Gasteiger partial charge in [0.05, 0.1) is 19.6 Å². The van der Waals surface area contributed by atoms with Crippen molar-refractivity contribution in [2.45, 2.75) is 32.7 Å². The molecule has 1 unspecified atom stereocenters. The van der Waals surface area contributed by atoms with E-state index in [1.54, 1.807) is 29.2 Å². The molecule has 1 atom stereocenters. The van der Waals surface area contributed by atoms with Crippen molar-refractivity contribution in [2.75, 3.05) is 38.2 Å². The van der Waals surface area contributed by atoms with Crippen LogP contribution in [0.3, 0.4) is 0 Å². The first-order valence-corrected chi connectivity index (χ1v) is 9.73. The van der Waals surface area contributed by atoms with Crippen molar-refractivity contribution in [3.05, 3.63) is 36.4 Å². The van der Waals surface area contributed by atoms with Crippen molar-refractivity contribution in [3.63, 3.8) is 0 Å². The molecule has 0 saturated carbocycles. The Labute approximate surface area is 171 Å². The monoisotopic (exact) mass is 403 g/mol. The number of carbonyl (C=O) groups excluding carboxylic acids is 3. The van der Waals surface area contributed by atoms with Crippen LogP contribution in [0, 0.1) is 0 Å². The van der Waals surface area contributed by atoms with Gasteiger partial charge in [-0.1, -0.05) is 13.5 Å². The summed E-state index contributed by atoms with van der Waals surface area (Å²) in [7, 11) is 0. The molecule has 0 bridgehead atoms. The number of nitrogens with zero attached hydrogens (tertiary/aromatic N) is 1. The molecule has 158 valence electrons. The lowest BCUT2D eigenvalue weighted by Crippen LogP contribution is -2.57. The Morgan fingerprint density at radius 2 is 2.03 bits per heavy atom. The average Bonchev–Trinajstić information content (AvgIpc) is 2.68. The van der Waals surface area contributed by atoms with Crippen LogP contribution in [0.1, 0.15) is 26.7 Å². The number of nitrogens with one attached hydrogen (secondary N) is 2. The fourth-order valence-electron chi connectivity index (χ4n) is 2.83. The largest absolute Gasteiger partial charge is 0.489 e. The summed E-state index contributed by atoms with van der Waals surface area (Å²) in [6.07, 6.45) is 0.639. The zero-order valence-corrected chi connectivity index (χ0v) is 17.0. The average molecular weight is 403 g/mol. The smallest absolute Gasteiger partial charge is 0.307 e. The van der Waals surface area contributed by atoms with Gasteiger partial charge in [0.25, 0.3) is 0 Å². The Bertz CT molecular complexity index is 732. The summed E-state index contributed by atoms with van der Waals surface area (Å²) in [5.41, 5.74) is 1.54. The van der Waals surface area contributed by atoms with Crippen molar-refractivity contribution in [1.82, 2.24) is 10.2 Å². The van der Waals surface area contributed by atoms with Gasteiger partial charge in [-0.05, 0) is 43.2 Å². The summed E-state index contributed by atoms with van der Waals surface area (Å²) in [5.74, 6) is -0.284. The quantitative estimate of drug-likeness (QED) is 0.456. The predicted octanol–water partition coefficient (Wildman–Crippen LogP) is 1.72. The zero-order chi connectivity index (χ0) is 21.2. The van der Waals surface area contributed by atoms with Crippen LogP contribution in [0.15, 0.2) is 36.4 Å². The van der Waals surface area contributed by atoms with Crippen molar-refractivity contribution in [2.24, 2.45) is 0 Å². The molecule has 8 heteroatoms. The van der Waals surface area contributed by atoms with E-state index in [0.29, 0.717) is 44.2 Å². The van der Waals surface area contributed by atoms with Crippen LogP contribution in [0.2, 0.25) is 0 Å². The number of hydrogen-bond donors (Lipinski definition) is 2. The van der Waals surface area contributed by atoms with Crippen LogP contribution in [-0.4, -0.2) is 61.6 Å². The third-order valence-corrected chi connectivity index (χ3v) is 4.24. The van der Waals surface area contributed by atoms with Crippen molar-refractivity contribution in [1.29, 1.82) is 0 Å². The van der Waals surface area contributed by atoms with Crippen molar-refractivity contribution >= 4 is 23.5 Å². The summed E-state index contributed by atoms with van der Waals surface area (Å²) in [4.78, 5) is 38.3. The standard InChI is InChI=1S/C21H29N3O5/c1-4-11-28-20(26)12-18-21(27)22-9-10-24(18)13-19(25)23-16-5-7-17(8-6-16)29-14-15(2)3/h5-8,18H,2,4,9-14H2,1,3H3,(H,22,27)(H,23,25). The number of benzene rings is 1. The zero-order valence-electron chi connectivity index (χ0n) is 17.0. The van der Waals surface area contributed by atoms with Crippen LogP contribution in [0.25, 0.3) is 0 Å². The highest BCUT2D eigenvalue weighted by atomic mass is 16.5. The first-order chi connectivity index (χ1) is 13.9. The Morgan fingerprint density at radius 1 is 1.31 bits per heavy atom. The van der Waals surface area contributed by atoms with Gasteiger partial charge in [0.2, 0.25) is 11.8 Å². The Hall–Kier alpha value is -2.87. The second kappa shape index (κ2) is 11.2. The molecule has 0 aromatic heterocycles. The first-order valence-electron chi connectivity index (χ1n) is 9.73. The number of piperazine rings is 1. The predicted molar refractivity (Wildman–Crippen MR) is 110 cm³/mol. The molecule has 1 heterocycles. The number of carbonyl (C=O) groups is 3. The van der Waals surface area contributed by atoms with E-state index in [2.05, 4.69) is 17.2 Å². The molecule has 2 rings (SSSR count). The summed E-state index contributed by atoms with van der Waals surface area (Å²) >= 11 is 0. The lowest BCUT2D eigenvalue weighted by molar-refractivity contribution is -0.148. The van der Waals surface area contributed by atoms with E-state index in [9.17, 15) is 14.4 Å². The summed E-state index contributed by atoms with van der Waals surface area (Å²) in [5, 5.41) is 5.54. The van der Waals surface area contributed by atoms with E-state index in [-0.39, 0.29) is 24.8 Å². The molecule has 1 aliphatic heterocycles. The number of hydrogen-bond acceptors (Lipinski definition) is 6. The summed E-state index contributed by atoms with van der Waals surface area (Å²) in [6.45, 7) is 9.24. The molecular formula is C21H29N3O5. The molecule has 1 aromatic carbocycles. The van der Waals surface area contributed by atoms with Crippen LogP contribution < -0.4 is 15.4 Å². The molecule has 8 nitrogen and oxygen atoms in total. The van der Waals surface area contributed by atoms with Gasteiger partial charge in [-0.3, -0.25) is 19.3 Å². The third kappa shape index (κ3) is 7.57. The number of amides is 2. The van der Waals surface area contributed by atoms with Gasteiger partial charge in [0.15, 0.2) is 0 Å². The molecular weight excluding hydrogens is 374 g/mol. The van der Waals surface area contributed by atoms with Crippen LogP contribution >= 0.6 is 0 Å². The molecule has 1 aliphatic rings. The maximum Gasteiger partial charge on any atom is 0.307 e. The Morgan fingerprint density at radius 3 is 2.69 bits per heavy atom. The van der Waals surface area contributed by atoms with Gasteiger partial charge in [0, 0.05) is 18.8 Å². The van der Waals surface area contributed by atoms with Crippen molar-refractivity contribution in [3.8, 4) is 5.75 Å². The first kappa shape index (κ1) is 22.4.